The number of benzene rings is 1. The van der Waals surface area contributed by atoms with E-state index in [1.54, 1.807) is 0 Å². The zero-order valence-corrected chi connectivity index (χ0v) is 18.8. The van der Waals surface area contributed by atoms with Gasteiger partial charge in [-0.1, -0.05) is 43.3 Å². The highest BCUT2D eigenvalue weighted by atomic mass is 32.2. The number of nitrogens with one attached hydrogen (secondary N) is 1. The van der Waals surface area contributed by atoms with Gasteiger partial charge in [-0.25, -0.2) is 0 Å². The van der Waals surface area contributed by atoms with Crippen LogP contribution in [0.4, 0.5) is 11.6 Å². The Kier molecular flexibility index (Phi) is 7.18. The van der Waals surface area contributed by atoms with Gasteiger partial charge in [0.2, 0.25) is 11.9 Å². The number of aromatic nitrogens is 3. The van der Waals surface area contributed by atoms with E-state index in [1.807, 2.05) is 32.9 Å². The highest BCUT2D eigenvalue weighted by Crippen LogP contribution is 2.28. The molecule has 0 unspecified atom stereocenters. The number of ether oxygens (including phenoxy) is 1. The van der Waals surface area contributed by atoms with Gasteiger partial charge in [0.15, 0.2) is 5.16 Å². The van der Waals surface area contributed by atoms with Gasteiger partial charge in [0.1, 0.15) is 0 Å². The Morgan fingerprint density at radius 3 is 2.59 bits per heavy atom. The first-order chi connectivity index (χ1) is 13.8. The fraction of sp³-hybridized carbons (Fsp3) is 0.571. The smallest absolute Gasteiger partial charge is 0.237 e. The molecule has 1 atom stereocenters. The Morgan fingerprint density at radius 1 is 1.21 bits per heavy atom. The summed E-state index contributed by atoms with van der Waals surface area (Å²) in [7, 11) is 0. The van der Waals surface area contributed by atoms with E-state index in [0.717, 1.165) is 42.0 Å². The van der Waals surface area contributed by atoms with E-state index in [2.05, 4.69) is 44.9 Å². The van der Waals surface area contributed by atoms with Gasteiger partial charge in [0.05, 0.1) is 18.5 Å². The van der Waals surface area contributed by atoms with Gasteiger partial charge in [0.25, 0.3) is 0 Å². The minimum absolute atomic E-state index is 0.0334. The molecule has 1 aliphatic rings. The second kappa shape index (κ2) is 9.63. The summed E-state index contributed by atoms with van der Waals surface area (Å²) >= 11 is 1.45. The van der Waals surface area contributed by atoms with Gasteiger partial charge >= 0.3 is 0 Å². The van der Waals surface area contributed by atoms with Crippen molar-refractivity contribution in [2.75, 3.05) is 36.5 Å². The number of hydrogen-bond acceptors (Lipinski definition) is 6. The first kappa shape index (κ1) is 21.6. The number of carbonyl (C=O) groups is 1. The molecule has 1 saturated heterocycles. The molecule has 8 heteroatoms. The van der Waals surface area contributed by atoms with Gasteiger partial charge in [-0.2, -0.15) is 0 Å². The van der Waals surface area contributed by atoms with Crippen molar-refractivity contribution in [3.8, 4) is 0 Å². The average Bonchev–Trinajstić information content (AvgIpc) is 3.06. The summed E-state index contributed by atoms with van der Waals surface area (Å²) in [4.78, 5) is 15.0. The lowest BCUT2D eigenvalue weighted by Crippen LogP contribution is -2.38. The predicted octanol–water partition coefficient (Wildman–Crippen LogP) is 3.51. The fourth-order valence-electron chi connectivity index (χ4n) is 3.29. The number of morpholine rings is 1. The van der Waals surface area contributed by atoms with Crippen LogP contribution in [0, 0.1) is 19.8 Å². The van der Waals surface area contributed by atoms with Crippen molar-refractivity contribution in [1.82, 2.24) is 14.8 Å². The van der Waals surface area contributed by atoms with E-state index in [4.69, 9.17) is 4.74 Å². The third kappa shape index (κ3) is 5.51. The highest BCUT2D eigenvalue weighted by molar-refractivity contribution is 8.00. The Bertz CT molecular complexity index is 846. The van der Waals surface area contributed by atoms with Crippen LogP contribution in [0.2, 0.25) is 0 Å². The number of nitrogens with zero attached hydrogens (tertiary/aromatic N) is 4. The summed E-state index contributed by atoms with van der Waals surface area (Å²) in [6, 6.07) is 6.04. The number of anilines is 2. The molecule has 2 aromatic rings. The van der Waals surface area contributed by atoms with Crippen molar-refractivity contribution in [2.24, 2.45) is 5.92 Å². The lowest BCUT2D eigenvalue weighted by atomic mass is 10.1. The topological polar surface area (TPSA) is 72.3 Å². The maximum atomic E-state index is 12.8. The van der Waals surface area contributed by atoms with E-state index >= 15 is 0 Å². The van der Waals surface area contributed by atoms with Crippen LogP contribution in [-0.2, 0) is 16.1 Å². The SMILES string of the molecule is Cc1ccc(NC(=O)[C@@H](C)Sc2nnc(N3CCOCC3)n2CC(C)C)c(C)c1. The molecule has 1 aromatic heterocycles. The summed E-state index contributed by atoms with van der Waals surface area (Å²) in [5.74, 6) is 1.28. The monoisotopic (exact) mass is 417 g/mol. The van der Waals surface area contributed by atoms with Crippen molar-refractivity contribution in [3.63, 3.8) is 0 Å². The van der Waals surface area contributed by atoms with Crippen molar-refractivity contribution in [3.05, 3.63) is 29.3 Å². The second-order valence-electron chi connectivity index (χ2n) is 7.95. The molecule has 29 heavy (non-hydrogen) atoms. The van der Waals surface area contributed by atoms with Gasteiger partial charge in [-0.05, 0) is 38.3 Å². The molecule has 0 saturated carbocycles. The largest absolute Gasteiger partial charge is 0.378 e. The van der Waals surface area contributed by atoms with Crippen molar-refractivity contribution in [2.45, 2.75) is 51.6 Å². The maximum absolute atomic E-state index is 12.8. The number of hydrogen-bond donors (Lipinski definition) is 1. The summed E-state index contributed by atoms with van der Waals surface area (Å²) < 4.78 is 7.60. The molecule has 158 valence electrons. The first-order valence-corrected chi connectivity index (χ1v) is 11.0. The summed E-state index contributed by atoms with van der Waals surface area (Å²) in [5.41, 5.74) is 3.10. The van der Waals surface area contributed by atoms with Crippen LogP contribution in [0.15, 0.2) is 23.4 Å². The molecule has 1 N–H and O–H groups in total. The Balaban J connectivity index is 1.73. The van der Waals surface area contributed by atoms with Crippen LogP contribution in [0.25, 0.3) is 0 Å². The Hall–Kier alpha value is -2.06. The third-order valence-corrected chi connectivity index (χ3v) is 5.91. The summed E-state index contributed by atoms with van der Waals surface area (Å²) in [6.45, 7) is 14.1. The van der Waals surface area contributed by atoms with Gasteiger partial charge in [-0.3, -0.25) is 9.36 Å². The van der Waals surface area contributed by atoms with Crippen molar-refractivity contribution in [1.29, 1.82) is 0 Å². The summed E-state index contributed by atoms with van der Waals surface area (Å²) in [6.07, 6.45) is 0. The average molecular weight is 418 g/mol. The quantitative estimate of drug-likeness (QED) is 0.695. The number of amides is 1. The van der Waals surface area contributed by atoms with E-state index in [1.165, 1.54) is 17.3 Å². The van der Waals surface area contributed by atoms with Crippen LogP contribution < -0.4 is 10.2 Å². The van der Waals surface area contributed by atoms with Crippen molar-refractivity contribution >= 4 is 29.3 Å². The van der Waals surface area contributed by atoms with Crippen LogP contribution in [-0.4, -0.2) is 52.2 Å². The minimum Gasteiger partial charge on any atom is -0.378 e. The molecule has 1 fully saturated rings. The van der Waals surface area contributed by atoms with Gasteiger partial charge < -0.3 is 15.0 Å². The summed E-state index contributed by atoms with van der Waals surface area (Å²) in [5, 5.41) is 12.4. The fourth-order valence-corrected chi connectivity index (χ4v) is 4.14. The number of aryl methyl sites for hydroxylation is 2. The minimum atomic E-state index is -0.289. The first-order valence-electron chi connectivity index (χ1n) is 10.2. The molecule has 2 heterocycles. The molecular formula is C21H31N5O2S. The normalized spacial score (nSPS) is 15.6. The van der Waals surface area contributed by atoms with Crippen molar-refractivity contribution < 1.29 is 9.53 Å². The highest BCUT2D eigenvalue weighted by Gasteiger charge is 2.24. The molecule has 0 bridgehead atoms. The molecule has 0 aliphatic carbocycles. The predicted molar refractivity (Wildman–Crippen MR) is 118 cm³/mol. The van der Waals surface area contributed by atoms with Crippen LogP contribution in [0.1, 0.15) is 31.9 Å². The second-order valence-corrected chi connectivity index (χ2v) is 9.26. The van der Waals surface area contributed by atoms with E-state index in [0.29, 0.717) is 19.1 Å². The molecule has 1 aliphatic heterocycles. The third-order valence-electron chi connectivity index (χ3n) is 4.83. The molecule has 0 spiro atoms. The van der Waals surface area contributed by atoms with E-state index in [-0.39, 0.29) is 11.2 Å². The van der Waals surface area contributed by atoms with E-state index in [9.17, 15) is 4.79 Å². The number of rotatable bonds is 7. The zero-order chi connectivity index (χ0) is 21.0. The zero-order valence-electron chi connectivity index (χ0n) is 17.9. The molecule has 3 rings (SSSR count). The Labute approximate surface area is 177 Å². The Morgan fingerprint density at radius 2 is 1.93 bits per heavy atom. The maximum Gasteiger partial charge on any atom is 0.237 e. The molecule has 1 aromatic carbocycles. The van der Waals surface area contributed by atoms with Gasteiger partial charge in [0, 0.05) is 25.3 Å². The van der Waals surface area contributed by atoms with Crippen LogP contribution in [0.5, 0.6) is 0 Å². The molecule has 0 radical (unpaired) electrons. The molecular weight excluding hydrogens is 386 g/mol. The van der Waals surface area contributed by atoms with E-state index < -0.39 is 0 Å². The lowest BCUT2D eigenvalue weighted by molar-refractivity contribution is -0.115. The van der Waals surface area contributed by atoms with Crippen LogP contribution in [0.3, 0.4) is 0 Å². The van der Waals surface area contributed by atoms with Crippen LogP contribution >= 0.6 is 11.8 Å². The standard InChI is InChI=1S/C21H31N5O2S/c1-14(2)13-26-20(25-8-10-28-11-9-25)23-24-21(26)29-17(5)19(27)22-18-7-6-15(3)12-16(18)4/h6-7,12,14,17H,8-11,13H2,1-5H3,(H,22,27)/t17-/m1/s1. The molecule has 7 nitrogen and oxygen atoms in total. The number of carbonyl (C=O) groups excluding carboxylic acids is 1. The van der Waals surface area contributed by atoms with Gasteiger partial charge in [-0.15, -0.1) is 10.2 Å². The number of thioether (sulfide) groups is 1. The lowest BCUT2D eigenvalue weighted by Gasteiger charge is -2.28. The molecule has 1 amide bonds.